The molecule has 0 saturated carbocycles. The van der Waals surface area contributed by atoms with Crippen LogP contribution in [0.15, 0.2) is 29.8 Å². The molecule has 0 radical (unpaired) electrons. The number of unbranched alkanes of at least 4 members (excludes halogenated alkanes) is 1. The van der Waals surface area contributed by atoms with Crippen LogP contribution in [0.25, 0.3) is 10.9 Å². The van der Waals surface area contributed by atoms with E-state index in [0.29, 0.717) is 16.9 Å². The molecule has 2 N–H and O–H groups in total. The molecule has 2 atom stereocenters. The normalized spacial score (nSPS) is 12.5. The van der Waals surface area contributed by atoms with Crippen LogP contribution in [0.1, 0.15) is 198 Å². The van der Waals surface area contributed by atoms with E-state index in [1.165, 1.54) is 11.1 Å². The fourth-order valence-corrected chi connectivity index (χ4v) is 5.22. The van der Waals surface area contributed by atoms with E-state index in [-0.39, 0.29) is 155 Å². The first-order valence-electron chi connectivity index (χ1n) is 9.71. The number of allylic oxidation sites excluding steroid dienone is 2. The maximum atomic E-state index is 11.0. The topological polar surface area (TPSA) is 82.3 Å². The fourth-order valence-electron chi connectivity index (χ4n) is 4.64. The lowest BCUT2D eigenvalue weighted by molar-refractivity contribution is 0.311. The molecule has 2 bridgehead atoms. The molecule has 0 amide bonds. The van der Waals surface area contributed by atoms with Gasteiger partial charge in [-0.15, -0.1) is 0 Å². The van der Waals surface area contributed by atoms with Crippen molar-refractivity contribution in [2.75, 3.05) is 18.6 Å². The van der Waals surface area contributed by atoms with Gasteiger partial charge in [-0.25, -0.2) is 0 Å². The third-order valence-electron chi connectivity index (χ3n) is 5.73. The molecule has 0 aliphatic heterocycles. The highest BCUT2D eigenvalue weighted by atomic mass is 35.5. The molecule has 0 spiro atoms. The smallest absolute Gasteiger partial charge is 0.264 e. The maximum absolute atomic E-state index is 11.0. The van der Waals surface area contributed by atoms with Crippen molar-refractivity contribution in [2.24, 2.45) is 5.92 Å². The third kappa shape index (κ3) is 26.3. The van der Waals surface area contributed by atoms with E-state index in [2.05, 4.69) is 6.08 Å². The van der Waals surface area contributed by atoms with Crippen LogP contribution in [-0.4, -0.2) is 26.3 Å². The summed E-state index contributed by atoms with van der Waals surface area (Å²) in [5.41, 5.74) is 12.1. The highest BCUT2D eigenvalue weighted by molar-refractivity contribution is 7.85. The van der Waals surface area contributed by atoms with Crippen molar-refractivity contribution >= 4 is 38.3 Å². The van der Waals surface area contributed by atoms with E-state index in [1.54, 1.807) is 0 Å². The van der Waals surface area contributed by atoms with Gasteiger partial charge in [0, 0.05) is 27.4 Å². The Balaban J connectivity index is -0.0000000320. The predicted molar refractivity (Wildman–Crippen MR) is 248 cm³/mol. The SMILES string of the molecule is C.C.C.C.C.C.C.C.C.C.C.C.C.C.C.C.C.C.C.C.CS(=O)(=O)OCCCCC1=CC2Cc3nc4cc(Cl)ccc4c(N)c3C(C1)C2. The Morgan fingerprint density at radius 2 is 1.25 bits per heavy atom. The van der Waals surface area contributed by atoms with Gasteiger partial charge in [0.15, 0.2) is 0 Å². The molecule has 7 heteroatoms. The van der Waals surface area contributed by atoms with Gasteiger partial charge in [0.05, 0.1) is 18.4 Å². The number of fused-ring (bicyclic) bond motifs is 5. The number of hydrogen-bond donors (Lipinski definition) is 1. The van der Waals surface area contributed by atoms with Gasteiger partial charge in [0.2, 0.25) is 0 Å². The van der Waals surface area contributed by atoms with Crippen molar-refractivity contribution in [3.63, 3.8) is 0 Å². The number of anilines is 1. The summed E-state index contributed by atoms with van der Waals surface area (Å²) < 4.78 is 26.9. The summed E-state index contributed by atoms with van der Waals surface area (Å²) in [5.74, 6) is 0.908. The fraction of sp³-hybridized carbons (Fsp3) is 0.732. The molecule has 0 fully saturated rings. The zero-order valence-electron chi connectivity index (χ0n) is 15.9. The van der Waals surface area contributed by atoms with Crippen molar-refractivity contribution in [1.82, 2.24) is 4.98 Å². The lowest BCUT2D eigenvalue weighted by Crippen LogP contribution is -2.24. The molecule has 2 unspecified atom stereocenters. The summed E-state index contributed by atoms with van der Waals surface area (Å²) in [6, 6.07) is 5.72. The number of rotatable bonds is 6. The summed E-state index contributed by atoms with van der Waals surface area (Å²) in [7, 11) is -3.34. The Kier molecular flexibility index (Phi) is 105. The quantitative estimate of drug-likeness (QED) is 0.181. The predicted octanol–water partition coefficient (Wildman–Crippen LogP) is 17.3. The van der Waals surface area contributed by atoms with Crippen LogP contribution in [0.3, 0.4) is 0 Å². The summed E-state index contributed by atoms with van der Waals surface area (Å²) in [6.07, 6.45) is 9.18. The number of pyridine rings is 1. The van der Waals surface area contributed by atoms with Gasteiger partial charge in [0.25, 0.3) is 10.1 Å². The first-order chi connectivity index (χ1) is 13.3. The molecule has 310 valence electrons. The van der Waals surface area contributed by atoms with Crippen molar-refractivity contribution in [3.8, 4) is 0 Å². The lowest BCUT2D eigenvalue weighted by Gasteiger charge is -2.36. The van der Waals surface area contributed by atoms with E-state index < -0.39 is 10.1 Å². The van der Waals surface area contributed by atoms with Crippen molar-refractivity contribution in [1.29, 1.82) is 0 Å². The van der Waals surface area contributed by atoms with Crippen LogP contribution in [0.2, 0.25) is 5.02 Å². The second-order valence-corrected chi connectivity index (χ2v) is 10.0. The highest BCUT2D eigenvalue weighted by Gasteiger charge is 2.33. The summed E-state index contributed by atoms with van der Waals surface area (Å²) in [5, 5.41) is 1.66. The van der Waals surface area contributed by atoms with Crippen LogP contribution >= 0.6 is 11.6 Å². The number of halogens is 1. The Morgan fingerprint density at radius 1 is 0.771 bits per heavy atom. The average molecular weight is 742 g/mol. The van der Waals surface area contributed by atoms with Gasteiger partial charge in [-0.05, 0) is 68.6 Å². The first-order valence-corrected chi connectivity index (χ1v) is 11.9. The van der Waals surface area contributed by atoms with Gasteiger partial charge < -0.3 is 5.73 Å². The average Bonchev–Trinajstić information content (AvgIpc) is 2.59. The van der Waals surface area contributed by atoms with Crippen molar-refractivity contribution in [2.45, 2.75) is 193 Å². The molecule has 2 aliphatic carbocycles. The third-order valence-corrected chi connectivity index (χ3v) is 6.56. The van der Waals surface area contributed by atoms with E-state index >= 15 is 0 Å². The summed E-state index contributed by atoms with van der Waals surface area (Å²) >= 11 is 6.13. The molecule has 0 saturated heterocycles. The first kappa shape index (κ1) is 111. The Labute approximate surface area is 318 Å². The molecule has 5 nitrogen and oxygen atoms in total. The van der Waals surface area contributed by atoms with Gasteiger partial charge >= 0.3 is 0 Å². The number of hydrogen-bond acceptors (Lipinski definition) is 5. The van der Waals surface area contributed by atoms with Gasteiger partial charge in [0.1, 0.15) is 0 Å². The number of aromatic nitrogens is 1. The van der Waals surface area contributed by atoms with Crippen molar-refractivity contribution < 1.29 is 12.6 Å². The van der Waals surface area contributed by atoms with Crippen LogP contribution in [0.4, 0.5) is 5.69 Å². The van der Waals surface area contributed by atoms with Crippen LogP contribution in [0, 0.1) is 5.92 Å². The molecule has 2 aromatic rings. The lowest BCUT2D eigenvalue weighted by atomic mass is 9.70. The molecular weight excluding hydrogens is 636 g/mol. The maximum Gasteiger partial charge on any atom is 0.264 e. The minimum Gasteiger partial charge on any atom is -0.398 e. The number of nitrogens with zero attached hydrogens (tertiary/aromatic N) is 1. The second kappa shape index (κ2) is 45.4. The minimum atomic E-state index is -3.34. The second-order valence-electron chi connectivity index (χ2n) is 7.96. The monoisotopic (exact) mass is 741 g/mol. The number of nitrogen functional groups attached to an aromatic ring is 1. The van der Waals surface area contributed by atoms with E-state index in [1.807, 2.05) is 18.2 Å². The zero-order valence-corrected chi connectivity index (χ0v) is 17.5. The molecule has 2 aliphatic rings. The van der Waals surface area contributed by atoms with Crippen LogP contribution in [-0.2, 0) is 20.7 Å². The van der Waals surface area contributed by atoms with E-state index in [4.69, 9.17) is 26.5 Å². The Hall–Kier alpha value is -1.63. The standard InChI is InChI=1S/C21H25ClN2O3S.20CH4/c1-28(25,26)27-7-3-2-4-13-8-14-10-15(9-13)20-19(11-14)24-18-12-16(22)5-6-17(18)21(20)23;;;;;;;;;;;;;;;;;;;;/h5-6,8,12,14-15H,2-4,7,9-11H2,1H3,(H2,23,24);20*1H4. The Bertz CT molecular complexity index is 1060. The van der Waals surface area contributed by atoms with Crippen molar-refractivity contribution in [3.05, 3.63) is 46.1 Å². The van der Waals surface area contributed by atoms with Gasteiger partial charge in [-0.1, -0.05) is 172 Å². The molecule has 1 aromatic heterocycles. The van der Waals surface area contributed by atoms with E-state index in [9.17, 15) is 8.42 Å². The van der Waals surface area contributed by atoms with E-state index in [0.717, 1.165) is 67.1 Å². The number of nitrogens with two attached hydrogens (primary N) is 1. The minimum absolute atomic E-state index is 0. The molecule has 4 rings (SSSR count). The largest absolute Gasteiger partial charge is 0.398 e. The molecule has 1 heterocycles. The Morgan fingerprint density at radius 3 is 1.71 bits per heavy atom. The summed E-state index contributed by atoms with van der Waals surface area (Å²) in [4.78, 5) is 4.89. The zero-order chi connectivity index (χ0) is 19.9. The summed E-state index contributed by atoms with van der Waals surface area (Å²) in [6.45, 7) is 0.257. The molecular formula is C41H105ClN2O3S. The highest BCUT2D eigenvalue weighted by Crippen LogP contribution is 2.47. The van der Waals surface area contributed by atoms with Gasteiger partial charge in [-0.2, -0.15) is 8.42 Å². The van der Waals surface area contributed by atoms with Crippen LogP contribution < -0.4 is 5.73 Å². The molecule has 48 heavy (non-hydrogen) atoms. The van der Waals surface area contributed by atoms with Gasteiger partial charge in [-0.3, -0.25) is 9.17 Å². The van der Waals surface area contributed by atoms with Crippen LogP contribution in [0.5, 0.6) is 0 Å². The number of benzene rings is 1. The molecule has 1 aromatic carbocycles.